The third kappa shape index (κ3) is 2.27. The SMILES string of the molecule is CNC(C)c1ccn(Cc2ccno2)c1. The van der Waals surface area contributed by atoms with Crippen molar-refractivity contribution in [2.75, 3.05) is 7.05 Å². The highest BCUT2D eigenvalue weighted by Gasteiger charge is 2.05. The molecular formula is C11H15N3O. The Kier molecular flexibility index (Phi) is 2.87. The van der Waals surface area contributed by atoms with Gasteiger partial charge in [0.15, 0.2) is 5.76 Å². The maximum Gasteiger partial charge on any atom is 0.156 e. The van der Waals surface area contributed by atoms with Gasteiger partial charge in [-0.05, 0) is 25.6 Å². The summed E-state index contributed by atoms with van der Waals surface area (Å²) in [6, 6.07) is 4.36. The predicted octanol–water partition coefficient (Wildman–Crippen LogP) is 1.80. The smallest absolute Gasteiger partial charge is 0.156 e. The van der Waals surface area contributed by atoms with Crippen LogP contribution in [0.4, 0.5) is 0 Å². The first-order valence-corrected chi connectivity index (χ1v) is 5.02. The topological polar surface area (TPSA) is 43.0 Å². The second-order valence-corrected chi connectivity index (χ2v) is 3.61. The van der Waals surface area contributed by atoms with Crippen molar-refractivity contribution in [1.82, 2.24) is 15.0 Å². The Labute approximate surface area is 88.9 Å². The molecule has 1 unspecified atom stereocenters. The van der Waals surface area contributed by atoms with Crippen LogP contribution in [0.3, 0.4) is 0 Å². The molecule has 0 bridgehead atoms. The lowest BCUT2D eigenvalue weighted by Gasteiger charge is -2.06. The quantitative estimate of drug-likeness (QED) is 0.827. The Morgan fingerprint density at radius 3 is 3.07 bits per heavy atom. The third-order valence-electron chi connectivity index (χ3n) is 2.54. The van der Waals surface area contributed by atoms with Crippen molar-refractivity contribution in [3.8, 4) is 0 Å². The van der Waals surface area contributed by atoms with Crippen molar-refractivity contribution >= 4 is 0 Å². The summed E-state index contributed by atoms with van der Waals surface area (Å²) in [6.45, 7) is 2.87. The first kappa shape index (κ1) is 9.98. The van der Waals surface area contributed by atoms with Crippen LogP contribution < -0.4 is 5.32 Å². The molecule has 0 amide bonds. The van der Waals surface area contributed by atoms with Gasteiger partial charge in [0.1, 0.15) is 0 Å². The van der Waals surface area contributed by atoms with Gasteiger partial charge in [-0.2, -0.15) is 0 Å². The van der Waals surface area contributed by atoms with Crippen LogP contribution in [-0.4, -0.2) is 16.8 Å². The van der Waals surface area contributed by atoms with Crippen LogP contribution in [0.25, 0.3) is 0 Å². The monoisotopic (exact) mass is 205 g/mol. The minimum Gasteiger partial charge on any atom is -0.359 e. The van der Waals surface area contributed by atoms with Gasteiger partial charge in [-0.25, -0.2) is 0 Å². The number of nitrogens with one attached hydrogen (secondary N) is 1. The fourth-order valence-corrected chi connectivity index (χ4v) is 1.48. The van der Waals surface area contributed by atoms with Crippen molar-refractivity contribution in [2.24, 2.45) is 0 Å². The third-order valence-corrected chi connectivity index (χ3v) is 2.54. The normalized spacial score (nSPS) is 12.9. The Balaban J connectivity index is 2.07. The highest BCUT2D eigenvalue weighted by molar-refractivity contribution is 5.15. The summed E-state index contributed by atoms with van der Waals surface area (Å²) in [7, 11) is 1.96. The summed E-state index contributed by atoms with van der Waals surface area (Å²) < 4.78 is 7.13. The Bertz CT molecular complexity index is 405. The van der Waals surface area contributed by atoms with E-state index < -0.39 is 0 Å². The van der Waals surface area contributed by atoms with E-state index in [1.807, 2.05) is 19.3 Å². The minimum atomic E-state index is 0.376. The van der Waals surface area contributed by atoms with Crippen LogP contribution in [0, 0.1) is 0 Å². The molecule has 2 rings (SSSR count). The fourth-order valence-electron chi connectivity index (χ4n) is 1.48. The molecule has 0 aromatic carbocycles. The van der Waals surface area contributed by atoms with Gasteiger partial charge in [0.25, 0.3) is 0 Å². The molecule has 0 saturated carbocycles. The largest absolute Gasteiger partial charge is 0.359 e. The predicted molar refractivity (Wildman–Crippen MR) is 57.5 cm³/mol. The van der Waals surface area contributed by atoms with Crippen molar-refractivity contribution in [3.05, 3.63) is 42.0 Å². The first-order valence-electron chi connectivity index (χ1n) is 5.02. The lowest BCUT2D eigenvalue weighted by atomic mass is 10.2. The molecule has 2 heterocycles. The van der Waals surface area contributed by atoms with Gasteiger partial charge in [-0.3, -0.25) is 0 Å². The van der Waals surface area contributed by atoms with Crippen LogP contribution >= 0.6 is 0 Å². The molecule has 0 aliphatic heterocycles. The van der Waals surface area contributed by atoms with E-state index in [4.69, 9.17) is 4.52 Å². The molecule has 0 saturated heterocycles. The van der Waals surface area contributed by atoms with E-state index >= 15 is 0 Å². The zero-order chi connectivity index (χ0) is 10.7. The van der Waals surface area contributed by atoms with Crippen LogP contribution in [0.15, 0.2) is 35.2 Å². The van der Waals surface area contributed by atoms with E-state index in [0.717, 1.165) is 12.3 Å². The molecular weight excluding hydrogens is 190 g/mol. The average Bonchev–Trinajstić information content (AvgIpc) is 2.88. The molecule has 0 aliphatic rings. The maximum absolute atomic E-state index is 5.05. The zero-order valence-corrected chi connectivity index (χ0v) is 8.97. The van der Waals surface area contributed by atoms with E-state index in [2.05, 4.69) is 34.2 Å². The highest BCUT2D eigenvalue weighted by atomic mass is 16.5. The molecule has 0 fully saturated rings. The van der Waals surface area contributed by atoms with Crippen molar-refractivity contribution < 1.29 is 4.52 Å². The highest BCUT2D eigenvalue weighted by Crippen LogP contribution is 2.13. The molecule has 2 aromatic rings. The van der Waals surface area contributed by atoms with Gasteiger partial charge in [-0.1, -0.05) is 5.16 Å². The first-order chi connectivity index (χ1) is 7.29. The summed E-state index contributed by atoms with van der Waals surface area (Å²) in [5.74, 6) is 0.870. The molecule has 0 spiro atoms. The maximum atomic E-state index is 5.05. The Morgan fingerprint density at radius 2 is 2.40 bits per heavy atom. The van der Waals surface area contributed by atoms with E-state index in [-0.39, 0.29) is 0 Å². The summed E-state index contributed by atoms with van der Waals surface area (Å²) in [4.78, 5) is 0. The van der Waals surface area contributed by atoms with Crippen LogP contribution in [0.5, 0.6) is 0 Å². The minimum absolute atomic E-state index is 0.376. The lowest BCUT2D eigenvalue weighted by molar-refractivity contribution is 0.376. The van der Waals surface area contributed by atoms with Gasteiger partial charge in [0.05, 0.1) is 12.7 Å². The molecule has 15 heavy (non-hydrogen) atoms. The number of aromatic nitrogens is 2. The molecule has 2 aromatic heterocycles. The second-order valence-electron chi connectivity index (χ2n) is 3.61. The van der Waals surface area contributed by atoms with E-state index in [9.17, 15) is 0 Å². The van der Waals surface area contributed by atoms with Gasteiger partial charge in [0, 0.05) is 24.5 Å². The van der Waals surface area contributed by atoms with Crippen molar-refractivity contribution in [1.29, 1.82) is 0 Å². The van der Waals surface area contributed by atoms with E-state index in [1.54, 1.807) is 6.20 Å². The van der Waals surface area contributed by atoms with Gasteiger partial charge in [-0.15, -0.1) is 0 Å². The molecule has 4 heteroatoms. The fraction of sp³-hybridized carbons (Fsp3) is 0.364. The van der Waals surface area contributed by atoms with E-state index in [0.29, 0.717) is 6.04 Å². The van der Waals surface area contributed by atoms with Crippen LogP contribution in [-0.2, 0) is 6.54 Å². The van der Waals surface area contributed by atoms with E-state index in [1.165, 1.54) is 5.56 Å². The van der Waals surface area contributed by atoms with Gasteiger partial charge in [0.2, 0.25) is 0 Å². The molecule has 1 atom stereocenters. The van der Waals surface area contributed by atoms with Crippen LogP contribution in [0.1, 0.15) is 24.3 Å². The molecule has 0 radical (unpaired) electrons. The molecule has 1 N–H and O–H groups in total. The summed E-state index contributed by atoms with van der Waals surface area (Å²) in [5, 5.41) is 6.88. The van der Waals surface area contributed by atoms with Crippen LogP contribution in [0.2, 0.25) is 0 Å². The van der Waals surface area contributed by atoms with Gasteiger partial charge < -0.3 is 14.4 Å². The van der Waals surface area contributed by atoms with Gasteiger partial charge >= 0.3 is 0 Å². The standard InChI is InChI=1S/C11H15N3O/c1-9(12-2)10-4-6-14(7-10)8-11-3-5-13-15-11/h3-7,9,12H,8H2,1-2H3. The number of hydrogen-bond acceptors (Lipinski definition) is 3. The summed E-state index contributed by atoms with van der Waals surface area (Å²) >= 11 is 0. The molecule has 0 aliphatic carbocycles. The average molecular weight is 205 g/mol. The number of rotatable bonds is 4. The second kappa shape index (κ2) is 4.31. The lowest BCUT2D eigenvalue weighted by Crippen LogP contribution is -2.11. The zero-order valence-electron chi connectivity index (χ0n) is 8.97. The summed E-state index contributed by atoms with van der Waals surface area (Å²) in [6.07, 6.45) is 5.82. The number of nitrogens with zero attached hydrogens (tertiary/aromatic N) is 2. The van der Waals surface area contributed by atoms with Crippen molar-refractivity contribution in [2.45, 2.75) is 19.5 Å². The van der Waals surface area contributed by atoms with Crippen molar-refractivity contribution in [3.63, 3.8) is 0 Å². The summed E-state index contributed by atoms with van der Waals surface area (Å²) in [5.41, 5.74) is 1.28. The number of hydrogen-bond donors (Lipinski definition) is 1. The Morgan fingerprint density at radius 1 is 1.53 bits per heavy atom. The Hall–Kier alpha value is -1.55. The molecule has 4 nitrogen and oxygen atoms in total. The molecule has 80 valence electrons.